The van der Waals surface area contributed by atoms with Crippen LogP contribution in [-0.4, -0.2) is 16.1 Å². The molecule has 3 nitrogen and oxygen atoms in total. The van der Waals surface area contributed by atoms with Gasteiger partial charge >= 0.3 is 5.97 Å². The van der Waals surface area contributed by atoms with Crippen LogP contribution in [0.15, 0.2) is 28.9 Å². The molecule has 0 aliphatic rings. The summed E-state index contributed by atoms with van der Waals surface area (Å²) < 4.78 is 0.801. The fourth-order valence-corrected chi connectivity index (χ4v) is 1.45. The zero-order valence-corrected chi connectivity index (χ0v) is 9.77. The van der Waals surface area contributed by atoms with Crippen molar-refractivity contribution in [3.8, 4) is 0 Å². The predicted octanol–water partition coefficient (Wildman–Crippen LogP) is 3.11. The minimum Gasteiger partial charge on any atom is -0.481 e. The zero-order valence-electron chi connectivity index (χ0n) is 8.19. The Morgan fingerprint density at radius 2 is 2.33 bits per heavy atom. The molecule has 0 atom stereocenters. The van der Waals surface area contributed by atoms with Crippen LogP contribution in [0, 0.1) is 0 Å². The standard InChI is InChI=1S/C11H12BrNO2/c12-10-7-4-6-9(13-10)5-2-1-3-8-11(14)15/h2,4-7H,1,3,8H2,(H,14,15)/b5-2-. The maximum atomic E-state index is 10.2. The Bertz CT molecular complexity index is 363. The second-order valence-electron chi connectivity index (χ2n) is 3.07. The molecule has 1 heterocycles. The summed E-state index contributed by atoms with van der Waals surface area (Å²) in [7, 11) is 0. The van der Waals surface area contributed by atoms with Crippen LogP contribution in [0.5, 0.6) is 0 Å². The molecule has 1 rings (SSSR count). The van der Waals surface area contributed by atoms with Gasteiger partial charge in [0, 0.05) is 6.42 Å². The van der Waals surface area contributed by atoms with E-state index in [1.165, 1.54) is 0 Å². The van der Waals surface area contributed by atoms with Crippen molar-refractivity contribution in [3.63, 3.8) is 0 Å². The molecule has 0 bridgehead atoms. The van der Waals surface area contributed by atoms with E-state index in [2.05, 4.69) is 20.9 Å². The van der Waals surface area contributed by atoms with Crippen LogP contribution in [0.2, 0.25) is 0 Å². The molecule has 0 aliphatic carbocycles. The number of carbonyl (C=O) groups is 1. The topological polar surface area (TPSA) is 50.2 Å². The van der Waals surface area contributed by atoms with Crippen molar-refractivity contribution < 1.29 is 9.90 Å². The monoisotopic (exact) mass is 269 g/mol. The van der Waals surface area contributed by atoms with Gasteiger partial charge in [-0.25, -0.2) is 4.98 Å². The van der Waals surface area contributed by atoms with Gasteiger partial charge in [0.1, 0.15) is 4.60 Å². The molecular weight excluding hydrogens is 258 g/mol. The maximum Gasteiger partial charge on any atom is 0.303 e. The molecule has 0 amide bonds. The summed E-state index contributed by atoms with van der Waals surface area (Å²) in [5.74, 6) is -0.746. The Labute approximate surface area is 97.0 Å². The number of carboxylic acids is 1. The summed E-state index contributed by atoms with van der Waals surface area (Å²) in [6.45, 7) is 0. The number of hydrogen-bond donors (Lipinski definition) is 1. The van der Waals surface area contributed by atoms with Gasteiger partial charge in [-0.05, 0) is 47.0 Å². The molecule has 0 radical (unpaired) electrons. The molecule has 1 N–H and O–H groups in total. The number of allylic oxidation sites excluding steroid dienone is 1. The first-order valence-corrected chi connectivity index (χ1v) is 5.48. The highest BCUT2D eigenvalue weighted by Gasteiger charge is 1.94. The summed E-state index contributed by atoms with van der Waals surface area (Å²) in [5, 5.41) is 8.42. The molecule has 0 aliphatic heterocycles. The Balaban J connectivity index is 2.35. The van der Waals surface area contributed by atoms with Gasteiger partial charge in [-0.3, -0.25) is 4.79 Å². The van der Waals surface area contributed by atoms with Crippen molar-refractivity contribution in [2.24, 2.45) is 0 Å². The van der Waals surface area contributed by atoms with Crippen molar-refractivity contribution in [1.82, 2.24) is 4.98 Å². The van der Waals surface area contributed by atoms with Crippen LogP contribution in [0.3, 0.4) is 0 Å². The lowest BCUT2D eigenvalue weighted by Gasteiger charge is -1.94. The van der Waals surface area contributed by atoms with Gasteiger partial charge in [0.25, 0.3) is 0 Å². The molecule has 0 spiro atoms. The molecular formula is C11H12BrNO2. The van der Waals surface area contributed by atoms with Crippen molar-refractivity contribution in [3.05, 3.63) is 34.6 Å². The normalized spacial score (nSPS) is 10.7. The van der Waals surface area contributed by atoms with E-state index in [0.29, 0.717) is 6.42 Å². The van der Waals surface area contributed by atoms with Crippen LogP contribution < -0.4 is 0 Å². The van der Waals surface area contributed by atoms with Gasteiger partial charge in [0.2, 0.25) is 0 Å². The fraction of sp³-hybridized carbons (Fsp3) is 0.273. The summed E-state index contributed by atoms with van der Waals surface area (Å²) in [6, 6.07) is 5.67. The lowest BCUT2D eigenvalue weighted by Crippen LogP contribution is -1.92. The molecule has 1 aromatic heterocycles. The minimum absolute atomic E-state index is 0.219. The Hall–Kier alpha value is -1.16. The SMILES string of the molecule is O=C(O)CCC/C=C\c1cccc(Br)n1. The average molecular weight is 270 g/mol. The number of carboxylic acid groups (broad SMARTS) is 1. The summed E-state index contributed by atoms with van der Waals surface area (Å²) in [6.07, 6.45) is 5.49. The molecule has 0 fully saturated rings. The molecule has 80 valence electrons. The van der Waals surface area contributed by atoms with Crippen LogP contribution in [-0.2, 0) is 4.79 Å². The van der Waals surface area contributed by atoms with Gasteiger partial charge in [-0.2, -0.15) is 0 Å². The van der Waals surface area contributed by atoms with Gasteiger partial charge in [0.15, 0.2) is 0 Å². The fourth-order valence-electron chi connectivity index (χ4n) is 1.09. The van der Waals surface area contributed by atoms with Crippen LogP contribution >= 0.6 is 15.9 Å². The molecule has 0 unspecified atom stereocenters. The van der Waals surface area contributed by atoms with E-state index in [1.54, 1.807) is 0 Å². The van der Waals surface area contributed by atoms with Gasteiger partial charge in [0.05, 0.1) is 5.69 Å². The Kier molecular flexibility index (Phi) is 5.04. The van der Waals surface area contributed by atoms with E-state index in [-0.39, 0.29) is 6.42 Å². The second-order valence-corrected chi connectivity index (χ2v) is 3.89. The average Bonchev–Trinajstić information content (AvgIpc) is 2.17. The van der Waals surface area contributed by atoms with Crippen molar-refractivity contribution in [2.75, 3.05) is 0 Å². The lowest BCUT2D eigenvalue weighted by atomic mass is 10.2. The minimum atomic E-state index is -0.746. The summed E-state index contributed by atoms with van der Waals surface area (Å²) in [5.41, 5.74) is 0.875. The maximum absolute atomic E-state index is 10.2. The molecule has 0 saturated heterocycles. The van der Waals surface area contributed by atoms with E-state index in [9.17, 15) is 4.79 Å². The first-order chi connectivity index (χ1) is 7.18. The first-order valence-electron chi connectivity index (χ1n) is 4.69. The van der Waals surface area contributed by atoms with Crippen molar-refractivity contribution in [2.45, 2.75) is 19.3 Å². The summed E-state index contributed by atoms with van der Waals surface area (Å²) >= 11 is 3.28. The molecule has 4 heteroatoms. The Morgan fingerprint density at radius 3 is 3.00 bits per heavy atom. The summed E-state index contributed by atoms with van der Waals surface area (Å²) in [4.78, 5) is 14.5. The zero-order chi connectivity index (χ0) is 11.1. The number of rotatable bonds is 5. The number of unbranched alkanes of at least 4 members (excludes halogenated alkanes) is 1. The number of halogens is 1. The number of pyridine rings is 1. The number of hydrogen-bond acceptors (Lipinski definition) is 2. The number of aromatic nitrogens is 1. The highest BCUT2D eigenvalue weighted by atomic mass is 79.9. The van der Waals surface area contributed by atoms with Gasteiger partial charge in [-0.1, -0.05) is 12.1 Å². The molecule has 15 heavy (non-hydrogen) atoms. The largest absolute Gasteiger partial charge is 0.481 e. The van der Waals surface area contributed by atoms with E-state index >= 15 is 0 Å². The first kappa shape index (κ1) is 11.9. The highest BCUT2D eigenvalue weighted by molar-refractivity contribution is 9.10. The molecule has 1 aromatic rings. The van der Waals surface area contributed by atoms with E-state index < -0.39 is 5.97 Å². The predicted molar refractivity (Wildman–Crippen MR) is 62.5 cm³/mol. The van der Waals surface area contributed by atoms with E-state index in [0.717, 1.165) is 16.7 Å². The smallest absolute Gasteiger partial charge is 0.303 e. The molecule has 0 aromatic carbocycles. The van der Waals surface area contributed by atoms with E-state index in [1.807, 2.05) is 30.4 Å². The van der Waals surface area contributed by atoms with Crippen LogP contribution in [0.25, 0.3) is 6.08 Å². The van der Waals surface area contributed by atoms with Gasteiger partial charge < -0.3 is 5.11 Å². The molecule has 0 saturated carbocycles. The van der Waals surface area contributed by atoms with E-state index in [4.69, 9.17) is 5.11 Å². The van der Waals surface area contributed by atoms with Crippen LogP contribution in [0.1, 0.15) is 25.0 Å². The lowest BCUT2D eigenvalue weighted by molar-refractivity contribution is -0.137. The third kappa shape index (κ3) is 5.32. The second kappa shape index (κ2) is 6.35. The van der Waals surface area contributed by atoms with Crippen molar-refractivity contribution in [1.29, 1.82) is 0 Å². The third-order valence-corrected chi connectivity index (χ3v) is 2.23. The quantitative estimate of drug-likeness (QED) is 0.660. The number of nitrogens with zero attached hydrogens (tertiary/aromatic N) is 1. The highest BCUT2D eigenvalue weighted by Crippen LogP contribution is 2.08. The van der Waals surface area contributed by atoms with Gasteiger partial charge in [-0.15, -0.1) is 0 Å². The number of aliphatic carboxylic acids is 1. The van der Waals surface area contributed by atoms with Crippen LogP contribution in [0.4, 0.5) is 0 Å². The van der Waals surface area contributed by atoms with Crippen molar-refractivity contribution >= 4 is 28.0 Å². The Morgan fingerprint density at radius 1 is 1.53 bits per heavy atom. The third-order valence-electron chi connectivity index (χ3n) is 1.79.